The lowest BCUT2D eigenvalue weighted by Gasteiger charge is -2.21. The highest BCUT2D eigenvalue weighted by molar-refractivity contribution is 6.14. The first-order valence-electron chi connectivity index (χ1n) is 5.96. The first kappa shape index (κ1) is 11.5. The molecule has 1 atom stereocenters. The van der Waals surface area contributed by atoms with E-state index in [1.165, 1.54) is 4.90 Å². The summed E-state index contributed by atoms with van der Waals surface area (Å²) in [5, 5.41) is 3.55. The Bertz CT molecular complexity index is 555. The summed E-state index contributed by atoms with van der Waals surface area (Å²) < 4.78 is 0. The van der Waals surface area contributed by atoms with E-state index in [0.717, 1.165) is 5.56 Å². The van der Waals surface area contributed by atoms with Gasteiger partial charge in [-0.3, -0.25) is 9.69 Å². The van der Waals surface area contributed by atoms with Crippen molar-refractivity contribution in [1.82, 2.24) is 5.32 Å². The molecule has 3 amide bonds. The molecule has 1 aliphatic heterocycles. The molecule has 93 valence electrons. The molecule has 4 heteroatoms. The van der Waals surface area contributed by atoms with Crippen LogP contribution in [-0.4, -0.2) is 11.9 Å². The zero-order valence-corrected chi connectivity index (χ0v) is 10.1. The number of urea groups is 1. The number of hydrogen-bond donors (Lipinski definition) is 0. The van der Waals surface area contributed by atoms with Gasteiger partial charge in [-0.05, 0) is 17.7 Å². The van der Waals surface area contributed by atoms with Crippen molar-refractivity contribution in [2.75, 3.05) is 4.90 Å². The summed E-state index contributed by atoms with van der Waals surface area (Å²) in [5.41, 5.74) is 1.45. The molecule has 1 radical (unpaired) electrons. The van der Waals surface area contributed by atoms with Gasteiger partial charge in [0.1, 0.15) is 6.04 Å². The van der Waals surface area contributed by atoms with E-state index in [4.69, 9.17) is 0 Å². The number of anilines is 1. The molecular formula is C15H11N2O2. The van der Waals surface area contributed by atoms with Gasteiger partial charge in [0.25, 0.3) is 5.91 Å². The summed E-state index contributed by atoms with van der Waals surface area (Å²) in [6.07, 6.45) is 0. The van der Waals surface area contributed by atoms with Crippen LogP contribution >= 0.6 is 0 Å². The minimum atomic E-state index is -0.656. The van der Waals surface area contributed by atoms with E-state index in [9.17, 15) is 9.59 Å². The number of carbonyl (C=O) groups is 2. The summed E-state index contributed by atoms with van der Waals surface area (Å²) in [5.74, 6) is -0.417. The number of imide groups is 1. The van der Waals surface area contributed by atoms with Crippen LogP contribution in [0, 0.1) is 0 Å². The van der Waals surface area contributed by atoms with E-state index in [1.807, 2.05) is 48.5 Å². The number of benzene rings is 2. The minimum absolute atomic E-state index is 0.417. The largest absolute Gasteiger partial charge is 0.352 e. The van der Waals surface area contributed by atoms with Gasteiger partial charge in [0, 0.05) is 5.69 Å². The zero-order valence-electron chi connectivity index (χ0n) is 10.1. The normalized spacial score (nSPS) is 18.5. The third-order valence-corrected chi connectivity index (χ3v) is 3.05. The Hall–Kier alpha value is -2.62. The molecule has 4 nitrogen and oxygen atoms in total. The van der Waals surface area contributed by atoms with Gasteiger partial charge in [-0.15, -0.1) is 0 Å². The third kappa shape index (κ3) is 1.97. The second kappa shape index (κ2) is 4.57. The standard InChI is InChI=1S/C15H11N2O2/c18-14-13(11-7-3-1-4-8-11)17(15(19)16-14)12-9-5-2-6-10-12/h1-10,13H. The Morgan fingerprint density at radius 1 is 0.842 bits per heavy atom. The van der Waals surface area contributed by atoms with Gasteiger partial charge in [-0.25, -0.2) is 4.79 Å². The average molecular weight is 251 g/mol. The van der Waals surface area contributed by atoms with Crippen LogP contribution in [0.5, 0.6) is 0 Å². The van der Waals surface area contributed by atoms with E-state index in [0.29, 0.717) is 5.69 Å². The van der Waals surface area contributed by atoms with Crippen molar-refractivity contribution in [1.29, 1.82) is 0 Å². The van der Waals surface area contributed by atoms with Crippen LogP contribution in [0.2, 0.25) is 0 Å². The predicted molar refractivity (Wildman–Crippen MR) is 70.6 cm³/mol. The maximum Gasteiger partial charge on any atom is 0.352 e. The summed E-state index contributed by atoms with van der Waals surface area (Å²) in [7, 11) is 0. The van der Waals surface area contributed by atoms with Gasteiger partial charge in [0.15, 0.2) is 0 Å². The number of nitrogens with zero attached hydrogens (tertiary/aromatic N) is 2. The number of para-hydroxylation sites is 1. The van der Waals surface area contributed by atoms with Crippen molar-refractivity contribution in [2.45, 2.75) is 6.04 Å². The first-order valence-corrected chi connectivity index (χ1v) is 5.96. The average Bonchev–Trinajstić information content (AvgIpc) is 2.75. The molecule has 1 heterocycles. The summed E-state index contributed by atoms with van der Waals surface area (Å²) in [6, 6.07) is 17.1. The molecule has 0 N–H and O–H groups in total. The van der Waals surface area contributed by atoms with Gasteiger partial charge >= 0.3 is 6.03 Å². The van der Waals surface area contributed by atoms with E-state index in [1.54, 1.807) is 12.1 Å². The quantitative estimate of drug-likeness (QED) is 0.770. The SMILES string of the molecule is O=C1[N]C(=O)N(c2ccccc2)C1c1ccccc1. The molecule has 2 aromatic rings. The lowest BCUT2D eigenvalue weighted by Crippen LogP contribution is -2.28. The molecule has 0 aliphatic carbocycles. The molecule has 2 aromatic carbocycles. The van der Waals surface area contributed by atoms with E-state index in [-0.39, 0.29) is 0 Å². The minimum Gasteiger partial charge on any atom is -0.276 e. The Balaban J connectivity index is 2.06. The summed E-state index contributed by atoms with van der Waals surface area (Å²) in [6.45, 7) is 0. The van der Waals surface area contributed by atoms with Crippen LogP contribution in [0.25, 0.3) is 0 Å². The monoisotopic (exact) mass is 251 g/mol. The van der Waals surface area contributed by atoms with Gasteiger partial charge < -0.3 is 0 Å². The molecule has 19 heavy (non-hydrogen) atoms. The highest BCUT2D eigenvalue weighted by Crippen LogP contribution is 2.31. The lowest BCUT2D eigenvalue weighted by atomic mass is 10.1. The van der Waals surface area contributed by atoms with Crippen LogP contribution in [0.1, 0.15) is 11.6 Å². The van der Waals surface area contributed by atoms with Gasteiger partial charge in [0.2, 0.25) is 0 Å². The molecular weight excluding hydrogens is 240 g/mol. The van der Waals surface area contributed by atoms with Crippen molar-refractivity contribution < 1.29 is 9.59 Å². The number of rotatable bonds is 2. The van der Waals surface area contributed by atoms with Gasteiger partial charge in [-0.1, -0.05) is 48.5 Å². The van der Waals surface area contributed by atoms with Gasteiger partial charge in [0.05, 0.1) is 0 Å². The topological polar surface area (TPSA) is 51.5 Å². The molecule has 1 unspecified atom stereocenters. The molecule has 1 saturated heterocycles. The number of hydrogen-bond acceptors (Lipinski definition) is 2. The van der Waals surface area contributed by atoms with Crippen LogP contribution in [-0.2, 0) is 4.79 Å². The molecule has 3 rings (SSSR count). The van der Waals surface area contributed by atoms with Crippen LogP contribution in [0.15, 0.2) is 60.7 Å². The van der Waals surface area contributed by atoms with E-state index >= 15 is 0 Å². The molecule has 0 saturated carbocycles. The maximum absolute atomic E-state index is 11.9. The summed E-state index contributed by atoms with van der Waals surface area (Å²) in [4.78, 5) is 25.3. The smallest absolute Gasteiger partial charge is 0.276 e. The second-order valence-corrected chi connectivity index (χ2v) is 4.25. The van der Waals surface area contributed by atoms with Crippen molar-refractivity contribution in [2.24, 2.45) is 0 Å². The predicted octanol–water partition coefficient (Wildman–Crippen LogP) is 2.50. The fourth-order valence-corrected chi connectivity index (χ4v) is 2.21. The molecule has 1 aliphatic rings. The Labute approximate surface area is 110 Å². The van der Waals surface area contributed by atoms with Crippen molar-refractivity contribution in [3.05, 3.63) is 66.2 Å². The number of carbonyl (C=O) groups excluding carboxylic acids is 2. The van der Waals surface area contributed by atoms with Crippen molar-refractivity contribution in [3.63, 3.8) is 0 Å². The van der Waals surface area contributed by atoms with Crippen LogP contribution in [0.4, 0.5) is 10.5 Å². The second-order valence-electron chi connectivity index (χ2n) is 4.25. The fraction of sp³-hybridized carbons (Fsp3) is 0.0667. The Morgan fingerprint density at radius 2 is 1.42 bits per heavy atom. The van der Waals surface area contributed by atoms with E-state index < -0.39 is 18.0 Å². The molecule has 1 fully saturated rings. The summed E-state index contributed by atoms with van der Waals surface area (Å²) >= 11 is 0. The highest BCUT2D eigenvalue weighted by atomic mass is 16.2. The van der Waals surface area contributed by atoms with E-state index in [2.05, 4.69) is 5.32 Å². The first-order chi connectivity index (χ1) is 9.27. The highest BCUT2D eigenvalue weighted by Gasteiger charge is 2.41. The zero-order chi connectivity index (χ0) is 13.2. The molecule has 0 bridgehead atoms. The molecule has 0 spiro atoms. The Morgan fingerprint density at radius 3 is 2.05 bits per heavy atom. The van der Waals surface area contributed by atoms with Crippen LogP contribution in [0.3, 0.4) is 0 Å². The van der Waals surface area contributed by atoms with Gasteiger partial charge in [-0.2, -0.15) is 5.32 Å². The lowest BCUT2D eigenvalue weighted by molar-refractivity contribution is -0.120. The third-order valence-electron chi connectivity index (χ3n) is 3.05. The molecule has 0 aromatic heterocycles. The fourth-order valence-electron chi connectivity index (χ4n) is 2.21. The van der Waals surface area contributed by atoms with Crippen molar-refractivity contribution in [3.8, 4) is 0 Å². The Kier molecular flexibility index (Phi) is 2.76. The number of amides is 3. The van der Waals surface area contributed by atoms with Crippen molar-refractivity contribution >= 4 is 17.6 Å². The van der Waals surface area contributed by atoms with Crippen LogP contribution < -0.4 is 10.2 Å². The maximum atomic E-state index is 11.9.